The minimum absolute atomic E-state index is 0.00358. The van der Waals surface area contributed by atoms with Gasteiger partial charge in [0.1, 0.15) is 18.0 Å². The van der Waals surface area contributed by atoms with E-state index >= 15 is 0 Å². The Morgan fingerprint density at radius 3 is 2.46 bits per heavy atom. The number of esters is 1. The summed E-state index contributed by atoms with van der Waals surface area (Å²) in [5.74, 6) is 1.75. The molecule has 1 aliphatic heterocycles. The molecule has 1 aliphatic rings. The van der Waals surface area contributed by atoms with Crippen LogP contribution in [-0.4, -0.2) is 72.0 Å². The minimum atomic E-state index is -0.585. The predicted octanol–water partition coefficient (Wildman–Crippen LogP) is 3.54. The number of aryl methyl sites for hydroxylation is 1. The fourth-order valence-corrected chi connectivity index (χ4v) is 4.76. The topological polar surface area (TPSA) is 107 Å². The van der Waals surface area contributed by atoms with Crippen LogP contribution < -0.4 is 9.80 Å². The Labute approximate surface area is 226 Å². The molecule has 0 radical (unpaired) electrons. The highest BCUT2D eigenvalue weighted by molar-refractivity contribution is 5.86. The van der Waals surface area contributed by atoms with Crippen LogP contribution in [0.5, 0.6) is 0 Å². The number of pyridine rings is 1. The number of para-hydroxylation sites is 1. The van der Waals surface area contributed by atoms with E-state index in [9.17, 15) is 4.79 Å². The number of aromatic nitrogens is 7. The van der Waals surface area contributed by atoms with Gasteiger partial charge in [0.05, 0.1) is 18.0 Å². The van der Waals surface area contributed by atoms with Crippen LogP contribution in [0, 0.1) is 6.92 Å². The molecule has 4 aromatic heterocycles. The molecule has 11 heteroatoms. The lowest BCUT2D eigenvalue weighted by Gasteiger charge is -2.35. The fourth-order valence-electron chi connectivity index (χ4n) is 4.76. The number of anilines is 2. The van der Waals surface area contributed by atoms with Crippen LogP contribution in [0.15, 0.2) is 55.1 Å². The van der Waals surface area contributed by atoms with Gasteiger partial charge in [-0.2, -0.15) is 15.1 Å². The maximum absolute atomic E-state index is 12.7. The summed E-state index contributed by atoms with van der Waals surface area (Å²) in [5, 5.41) is 5.63. The van der Waals surface area contributed by atoms with E-state index < -0.39 is 5.60 Å². The van der Waals surface area contributed by atoms with Crippen LogP contribution >= 0.6 is 0 Å². The Kier molecular flexibility index (Phi) is 6.13. The molecule has 1 fully saturated rings. The molecule has 0 amide bonds. The maximum atomic E-state index is 12.7. The summed E-state index contributed by atoms with van der Waals surface area (Å²) in [6.45, 7) is 10.6. The highest BCUT2D eigenvalue weighted by Gasteiger charge is 2.25. The van der Waals surface area contributed by atoms with Crippen molar-refractivity contribution < 1.29 is 9.53 Å². The summed E-state index contributed by atoms with van der Waals surface area (Å²) in [6, 6.07) is 12.1. The first-order valence-corrected chi connectivity index (χ1v) is 13.1. The molecule has 5 aromatic rings. The molecule has 0 spiro atoms. The van der Waals surface area contributed by atoms with E-state index in [4.69, 9.17) is 14.7 Å². The first kappa shape index (κ1) is 24.8. The summed E-state index contributed by atoms with van der Waals surface area (Å²) in [7, 11) is 0. The highest BCUT2D eigenvalue weighted by atomic mass is 16.6. The Hall–Kier alpha value is -4.54. The zero-order chi connectivity index (χ0) is 27.1. The second-order valence-corrected chi connectivity index (χ2v) is 10.8. The quantitative estimate of drug-likeness (QED) is 0.319. The van der Waals surface area contributed by atoms with Crippen LogP contribution in [0.2, 0.25) is 0 Å². The third-order valence-corrected chi connectivity index (χ3v) is 6.61. The van der Waals surface area contributed by atoms with E-state index in [-0.39, 0.29) is 12.5 Å². The number of carbonyl (C=O) groups excluding carboxylic acids is 1. The molecule has 11 nitrogen and oxygen atoms in total. The van der Waals surface area contributed by atoms with Gasteiger partial charge in [-0.3, -0.25) is 4.79 Å². The second-order valence-electron chi connectivity index (χ2n) is 10.8. The van der Waals surface area contributed by atoms with Crippen molar-refractivity contribution in [1.82, 2.24) is 34.3 Å². The molecule has 39 heavy (non-hydrogen) atoms. The van der Waals surface area contributed by atoms with Crippen molar-refractivity contribution in [2.75, 3.05) is 36.0 Å². The van der Waals surface area contributed by atoms with Gasteiger partial charge in [0.2, 0.25) is 5.95 Å². The lowest BCUT2D eigenvalue weighted by molar-refractivity contribution is -0.155. The van der Waals surface area contributed by atoms with Gasteiger partial charge in [0, 0.05) is 37.8 Å². The number of piperazine rings is 1. The van der Waals surface area contributed by atoms with Gasteiger partial charge in [-0.1, -0.05) is 24.3 Å². The molecule has 6 rings (SSSR count). The number of nitrogens with zero attached hydrogens (tertiary/aromatic N) is 9. The Balaban J connectivity index is 1.37. The molecule has 0 unspecified atom stereocenters. The molecule has 5 heterocycles. The van der Waals surface area contributed by atoms with Gasteiger partial charge in [-0.25, -0.2) is 14.6 Å². The van der Waals surface area contributed by atoms with Crippen molar-refractivity contribution in [2.45, 2.75) is 39.8 Å². The van der Waals surface area contributed by atoms with E-state index in [0.29, 0.717) is 22.9 Å². The van der Waals surface area contributed by atoms with Crippen molar-refractivity contribution in [2.24, 2.45) is 0 Å². The molecule has 1 saturated heterocycles. The smallest absolute Gasteiger partial charge is 0.326 e. The molecule has 0 N–H and O–H groups in total. The molecule has 0 aliphatic carbocycles. The minimum Gasteiger partial charge on any atom is -0.459 e. The number of hydrogen-bond donors (Lipinski definition) is 0. The molecule has 1 aromatic carbocycles. The normalized spacial score (nSPS) is 14.4. The molecule has 0 atom stereocenters. The standard InChI is InChI=1S/C28H31N9O2/c1-19-9-10-22(29-15-19)34-11-13-35(14-12-34)27-32-25-24(30-18-36(25)17-23(38)39-28(2,3)4)26(33-27)37-21-8-6-5-7-20(21)16-31-37/h5-10,15-16,18H,11-14,17H2,1-4H3. The molecule has 0 saturated carbocycles. The average Bonchev–Trinajstić information content (AvgIpc) is 3.52. The zero-order valence-electron chi connectivity index (χ0n) is 22.6. The summed E-state index contributed by atoms with van der Waals surface area (Å²) < 4.78 is 9.07. The summed E-state index contributed by atoms with van der Waals surface area (Å²) in [6.07, 6.45) is 5.32. The Morgan fingerprint density at radius 1 is 0.949 bits per heavy atom. The number of carbonyl (C=O) groups is 1. The second kappa shape index (κ2) is 9.64. The number of fused-ring (bicyclic) bond motifs is 2. The van der Waals surface area contributed by atoms with Crippen molar-refractivity contribution in [3.05, 3.63) is 60.7 Å². The number of rotatable bonds is 5. The zero-order valence-corrected chi connectivity index (χ0v) is 22.6. The Bertz CT molecular complexity index is 1640. The van der Waals surface area contributed by atoms with Crippen LogP contribution in [0.4, 0.5) is 11.8 Å². The fraction of sp³-hybridized carbons (Fsp3) is 0.357. The van der Waals surface area contributed by atoms with Crippen LogP contribution in [0.1, 0.15) is 26.3 Å². The lowest BCUT2D eigenvalue weighted by atomic mass is 10.2. The molecule has 200 valence electrons. The largest absolute Gasteiger partial charge is 0.459 e. The van der Waals surface area contributed by atoms with E-state index in [1.54, 1.807) is 15.6 Å². The van der Waals surface area contributed by atoms with Gasteiger partial charge in [-0.05, 0) is 45.4 Å². The third kappa shape index (κ3) is 4.99. The summed E-state index contributed by atoms with van der Waals surface area (Å²) in [4.78, 5) is 36.2. The SMILES string of the molecule is Cc1ccc(N2CCN(c3nc(-n4ncc5ccccc54)c4ncn(CC(=O)OC(C)(C)C)c4n3)CC2)nc1. The number of imidazole rings is 1. The summed E-state index contributed by atoms with van der Waals surface area (Å²) in [5.41, 5.74) is 2.60. The molecular weight excluding hydrogens is 494 g/mol. The van der Waals surface area contributed by atoms with Crippen molar-refractivity contribution >= 4 is 39.8 Å². The van der Waals surface area contributed by atoms with E-state index in [1.165, 1.54) is 0 Å². The first-order valence-electron chi connectivity index (χ1n) is 13.1. The number of hydrogen-bond acceptors (Lipinski definition) is 9. The molecular formula is C28H31N9O2. The van der Waals surface area contributed by atoms with Gasteiger partial charge in [0.25, 0.3) is 0 Å². The van der Waals surface area contributed by atoms with E-state index in [0.717, 1.165) is 48.5 Å². The van der Waals surface area contributed by atoms with Crippen molar-refractivity contribution in [1.29, 1.82) is 0 Å². The van der Waals surface area contributed by atoms with E-state index in [2.05, 4.69) is 37.0 Å². The highest BCUT2D eigenvalue weighted by Crippen LogP contribution is 2.26. The third-order valence-electron chi connectivity index (χ3n) is 6.61. The maximum Gasteiger partial charge on any atom is 0.326 e. The number of ether oxygens (including phenoxy) is 1. The van der Waals surface area contributed by atoms with Crippen molar-refractivity contribution in [3.8, 4) is 5.82 Å². The first-order chi connectivity index (χ1) is 18.7. The van der Waals surface area contributed by atoms with Crippen molar-refractivity contribution in [3.63, 3.8) is 0 Å². The van der Waals surface area contributed by atoms with Crippen LogP contribution in [0.3, 0.4) is 0 Å². The van der Waals surface area contributed by atoms with Gasteiger partial charge in [0.15, 0.2) is 17.0 Å². The van der Waals surface area contributed by atoms with Crippen LogP contribution in [-0.2, 0) is 16.1 Å². The average molecular weight is 526 g/mol. The van der Waals surface area contributed by atoms with Gasteiger partial charge >= 0.3 is 5.97 Å². The predicted molar refractivity (Wildman–Crippen MR) is 149 cm³/mol. The molecule has 0 bridgehead atoms. The van der Waals surface area contributed by atoms with E-state index in [1.807, 2.05) is 64.4 Å². The Morgan fingerprint density at radius 2 is 1.72 bits per heavy atom. The van der Waals surface area contributed by atoms with Crippen LogP contribution in [0.25, 0.3) is 27.9 Å². The summed E-state index contributed by atoms with van der Waals surface area (Å²) >= 11 is 0. The van der Waals surface area contributed by atoms with Gasteiger partial charge in [-0.15, -0.1) is 0 Å². The number of benzene rings is 1. The monoisotopic (exact) mass is 525 g/mol. The van der Waals surface area contributed by atoms with Gasteiger partial charge < -0.3 is 19.1 Å². The lowest BCUT2D eigenvalue weighted by Crippen LogP contribution is -2.47.